The van der Waals surface area contributed by atoms with Crippen LogP contribution in [0, 0.1) is 39.4 Å². The predicted octanol–water partition coefficient (Wildman–Crippen LogP) is 3.59. The van der Waals surface area contributed by atoms with Crippen LogP contribution in [0.3, 0.4) is 0 Å². The van der Waals surface area contributed by atoms with Crippen LogP contribution in [0.15, 0.2) is 22.8 Å². The summed E-state index contributed by atoms with van der Waals surface area (Å²) in [6.07, 6.45) is -0.727. The molecule has 4 aliphatic rings. The number of ether oxygens (including phenoxy) is 1. The Morgan fingerprint density at radius 2 is 1.66 bits per heavy atom. The van der Waals surface area contributed by atoms with Crippen LogP contribution in [0.4, 0.5) is 0 Å². The standard InChI is InChI=1S/C32H44O9/c1-15(11-18(34)12-16(2)28(39)40)19-13-23(37)32(8)24-20(35)14-21-29(4,5)22(36)9-10-30(21,6)25(24)26(38)27(31(19,32)7)41-17(3)33/h12,15,18-19,21-22,27,34,36H,9-11,13-14H2,1-8H3,(H,39,40). The molecule has 2 fully saturated rings. The molecule has 226 valence electrons. The molecule has 0 aliphatic heterocycles. The van der Waals surface area contributed by atoms with Crippen LogP contribution in [-0.2, 0) is 28.7 Å². The van der Waals surface area contributed by atoms with E-state index in [4.69, 9.17) is 4.74 Å². The number of hydrogen-bond acceptors (Lipinski definition) is 8. The molecule has 0 saturated heterocycles. The number of rotatable bonds is 6. The molecule has 0 spiro atoms. The number of carbonyl (C=O) groups excluding carboxylic acids is 4. The first-order valence-corrected chi connectivity index (χ1v) is 14.6. The second kappa shape index (κ2) is 9.97. The number of aliphatic hydroxyl groups excluding tert-OH is 2. The molecule has 9 nitrogen and oxygen atoms in total. The maximum Gasteiger partial charge on any atom is 0.331 e. The van der Waals surface area contributed by atoms with Gasteiger partial charge < -0.3 is 20.1 Å². The molecular formula is C32H44O9. The summed E-state index contributed by atoms with van der Waals surface area (Å²) >= 11 is 0. The number of Topliss-reactive ketones (excluding diaryl/α,β-unsaturated/α-hetero) is 3. The van der Waals surface area contributed by atoms with Gasteiger partial charge in [0, 0.05) is 47.3 Å². The number of aliphatic hydroxyl groups is 2. The van der Waals surface area contributed by atoms with Gasteiger partial charge in [-0.2, -0.15) is 0 Å². The molecule has 41 heavy (non-hydrogen) atoms. The number of hydrogen-bond donors (Lipinski definition) is 3. The Morgan fingerprint density at radius 1 is 1.05 bits per heavy atom. The smallest absolute Gasteiger partial charge is 0.331 e. The fourth-order valence-corrected chi connectivity index (χ4v) is 9.13. The molecule has 9 atom stereocenters. The van der Waals surface area contributed by atoms with Crippen molar-refractivity contribution in [2.75, 3.05) is 0 Å². The Balaban J connectivity index is 1.90. The van der Waals surface area contributed by atoms with Crippen LogP contribution in [-0.4, -0.2) is 62.9 Å². The number of esters is 1. The fourth-order valence-electron chi connectivity index (χ4n) is 9.13. The predicted molar refractivity (Wildman–Crippen MR) is 148 cm³/mol. The van der Waals surface area contributed by atoms with E-state index in [2.05, 4.69) is 0 Å². The van der Waals surface area contributed by atoms with Crippen LogP contribution in [0.1, 0.15) is 87.5 Å². The normalized spacial score (nSPS) is 40.0. The minimum absolute atomic E-state index is 0.0141. The van der Waals surface area contributed by atoms with Gasteiger partial charge in [-0.3, -0.25) is 19.2 Å². The number of aliphatic carboxylic acids is 1. The highest BCUT2D eigenvalue weighted by Gasteiger charge is 2.74. The lowest BCUT2D eigenvalue weighted by molar-refractivity contribution is -0.176. The maximum absolute atomic E-state index is 14.6. The van der Waals surface area contributed by atoms with Gasteiger partial charge in [0.2, 0.25) is 5.78 Å². The summed E-state index contributed by atoms with van der Waals surface area (Å²) in [5.74, 6) is -4.06. The molecule has 0 radical (unpaired) electrons. The number of ketones is 3. The van der Waals surface area contributed by atoms with Crippen molar-refractivity contribution in [2.24, 2.45) is 39.4 Å². The van der Waals surface area contributed by atoms with E-state index in [1.165, 1.54) is 19.9 Å². The average molecular weight is 573 g/mol. The molecule has 4 aliphatic carbocycles. The van der Waals surface area contributed by atoms with Crippen molar-refractivity contribution in [3.8, 4) is 0 Å². The molecule has 0 aromatic carbocycles. The van der Waals surface area contributed by atoms with E-state index < -0.39 is 69.5 Å². The minimum Gasteiger partial charge on any atom is -0.478 e. The third-order valence-corrected chi connectivity index (χ3v) is 11.7. The zero-order valence-corrected chi connectivity index (χ0v) is 25.4. The lowest BCUT2D eigenvalue weighted by Crippen LogP contribution is -2.65. The van der Waals surface area contributed by atoms with Crippen LogP contribution >= 0.6 is 0 Å². The van der Waals surface area contributed by atoms with Crippen molar-refractivity contribution >= 4 is 29.3 Å². The zero-order valence-electron chi connectivity index (χ0n) is 25.4. The second-order valence-electron chi connectivity index (χ2n) is 14.2. The van der Waals surface area contributed by atoms with Gasteiger partial charge in [0.05, 0.1) is 17.6 Å². The lowest BCUT2D eigenvalue weighted by atomic mass is 9.42. The van der Waals surface area contributed by atoms with Gasteiger partial charge in [-0.25, -0.2) is 4.79 Å². The fraction of sp³-hybridized carbons (Fsp3) is 0.719. The minimum atomic E-state index is -1.42. The van der Waals surface area contributed by atoms with Gasteiger partial charge in [0.15, 0.2) is 11.9 Å². The third kappa shape index (κ3) is 4.29. The molecule has 0 amide bonds. The molecule has 0 aromatic heterocycles. The quantitative estimate of drug-likeness (QED) is 0.320. The van der Waals surface area contributed by atoms with Crippen LogP contribution in [0.2, 0.25) is 0 Å². The summed E-state index contributed by atoms with van der Waals surface area (Å²) in [5, 5.41) is 30.7. The van der Waals surface area contributed by atoms with Crippen molar-refractivity contribution < 1.29 is 44.0 Å². The first-order chi connectivity index (χ1) is 18.8. The van der Waals surface area contributed by atoms with Crippen molar-refractivity contribution in [3.05, 3.63) is 22.8 Å². The van der Waals surface area contributed by atoms with Gasteiger partial charge >= 0.3 is 11.9 Å². The summed E-state index contributed by atoms with van der Waals surface area (Å²) in [5.41, 5.74) is -3.68. The Kier molecular flexibility index (Phi) is 7.61. The molecule has 9 unspecified atom stereocenters. The molecule has 3 N–H and O–H groups in total. The number of allylic oxidation sites excluding steroid dienone is 1. The highest BCUT2D eigenvalue weighted by atomic mass is 16.5. The van der Waals surface area contributed by atoms with E-state index in [1.54, 1.807) is 13.8 Å². The molecule has 9 heteroatoms. The van der Waals surface area contributed by atoms with E-state index in [1.807, 2.05) is 27.7 Å². The number of fused-ring (bicyclic) bond motifs is 4. The van der Waals surface area contributed by atoms with E-state index in [0.717, 1.165) is 0 Å². The Morgan fingerprint density at radius 3 is 2.22 bits per heavy atom. The van der Waals surface area contributed by atoms with Gasteiger partial charge in [0.25, 0.3) is 0 Å². The van der Waals surface area contributed by atoms with Crippen molar-refractivity contribution in [3.63, 3.8) is 0 Å². The summed E-state index contributed by atoms with van der Waals surface area (Å²) in [4.78, 5) is 66.6. The number of carboxylic acids is 1. The summed E-state index contributed by atoms with van der Waals surface area (Å²) in [7, 11) is 0. The zero-order chi connectivity index (χ0) is 31.0. The van der Waals surface area contributed by atoms with E-state index in [9.17, 15) is 39.3 Å². The summed E-state index contributed by atoms with van der Waals surface area (Å²) in [6.45, 7) is 13.6. The second-order valence-corrected chi connectivity index (χ2v) is 14.2. The SMILES string of the molecule is CC(=O)OC1C(=O)C2=C(C(=O)CC3C2(C)CCC(O)C3(C)C)C2(C)C(=O)CC(C(C)CC(O)C=C(C)C(=O)O)C12C. The molecule has 2 saturated carbocycles. The largest absolute Gasteiger partial charge is 0.478 e. The summed E-state index contributed by atoms with van der Waals surface area (Å²) < 4.78 is 5.81. The van der Waals surface area contributed by atoms with Gasteiger partial charge in [-0.15, -0.1) is 0 Å². The molecular weight excluding hydrogens is 528 g/mol. The molecule has 0 aromatic rings. The number of carboxylic acid groups (broad SMARTS) is 1. The van der Waals surface area contributed by atoms with E-state index in [0.29, 0.717) is 12.8 Å². The highest BCUT2D eigenvalue weighted by Crippen LogP contribution is 2.70. The maximum atomic E-state index is 14.6. The van der Waals surface area contributed by atoms with Crippen LogP contribution < -0.4 is 0 Å². The van der Waals surface area contributed by atoms with Crippen LogP contribution in [0.25, 0.3) is 0 Å². The Labute approximate surface area is 241 Å². The first kappa shape index (κ1) is 31.3. The van der Waals surface area contributed by atoms with Gasteiger partial charge in [0.1, 0.15) is 5.78 Å². The monoisotopic (exact) mass is 572 g/mol. The molecule has 0 heterocycles. The Hall–Kier alpha value is -2.65. The van der Waals surface area contributed by atoms with Crippen molar-refractivity contribution in [2.45, 2.75) is 106 Å². The van der Waals surface area contributed by atoms with Crippen molar-refractivity contribution in [1.82, 2.24) is 0 Å². The third-order valence-electron chi connectivity index (χ3n) is 11.7. The van der Waals surface area contributed by atoms with Crippen molar-refractivity contribution in [1.29, 1.82) is 0 Å². The van der Waals surface area contributed by atoms with Gasteiger partial charge in [-0.05, 0) is 62.4 Å². The first-order valence-electron chi connectivity index (χ1n) is 14.6. The molecule has 4 rings (SSSR count). The Bertz CT molecular complexity index is 1270. The number of carbonyl (C=O) groups is 5. The van der Waals surface area contributed by atoms with Gasteiger partial charge in [-0.1, -0.05) is 34.6 Å². The topological polar surface area (TPSA) is 155 Å². The highest BCUT2D eigenvalue weighted by molar-refractivity contribution is 6.18. The lowest BCUT2D eigenvalue weighted by Gasteiger charge is -2.61. The summed E-state index contributed by atoms with van der Waals surface area (Å²) in [6, 6.07) is 0. The molecule has 0 bridgehead atoms. The van der Waals surface area contributed by atoms with E-state index >= 15 is 0 Å². The van der Waals surface area contributed by atoms with Crippen LogP contribution in [0.5, 0.6) is 0 Å². The average Bonchev–Trinajstić information content (AvgIpc) is 3.07. The van der Waals surface area contributed by atoms with E-state index in [-0.39, 0.29) is 53.5 Å².